The summed E-state index contributed by atoms with van der Waals surface area (Å²) in [6.07, 6.45) is 4.23. The largest absolute Gasteiger partial charge is 0.508 e. The van der Waals surface area contributed by atoms with E-state index in [1.54, 1.807) is 19.2 Å². The number of rotatable bonds is 3. The third-order valence-corrected chi connectivity index (χ3v) is 8.44. The lowest BCUT2D eigenvalue weighted by molar-refractivity contribution is 0.414. The highest BCUT2D eigenvalue weighted by Gasteiger charge is 2.27. The van der Waals surface area contributed by atoms with Crippen LogP contribution < -0.4 is 4.74 Å². The number of hydrogen-bond acceptors (Lipinski definition) is 2. The third kappa shape index (κ3) is 5.59. The smallest absolute Gasteiger partial charge is 0.119 e. The summed E-state index contributed by atoms with van der Waals surface area (Å²) >= 11 is 24.5. The lowest BCUT2D eigenvalue weighted by atomic mass is 9.93. The van der Waals surface area contributed by atoms with Crippen LogP contribution in [0.3, 0.4) is 0 Å². The molecule has 0 spiro atoms. The number of methoxy groups -OCH3 is 1. The van der Waals surface area contributed by atoms with Gasteiger partial charge in [0, 0.05) is 31.9 Å². The summed E-state index contributed by atoms with van der Waals surface area (Å²) in [6, 6.07) is 23.2. The fraction of sp³-hybridized carbons (Fsp3) is 0.226. The minimum absolute atomic E-state index is 0.261. The van der Waals surface area contributed by atoms with Crippen molar-refractivity contribution < 1.29 is 9.84 Å². The van der Waals surface area contributed by atoms with E-state index < -0.39 is 0 Å². The normalized spacial score (nSPS) is 17.5. The molecule has 4 aromatic rings. The summed E-state index contributed by atoms with van der Waals surface area (Å²) in [5.74, 6) is 1.81. The minimum atomic E-state index is 0.261. The fourth-order valence-corrected chi connectivity index (χ4v) is 6.59. The molecule has 190 valence electrons. The Morgan fingerprint density at radius 1 is 0.622 bits per heavy atom. The molecule has 6 heteroatoms. The molecule has 0 saturated heterocycles. The van der Waals surface area contributed by atoms with Gasteiger partial charge in [-0.1, -0.05) is 70.7 Å². The van der Waals surface area contributed by atoms with E-state index in [-0.39, 0.29) is 5.92 Å². The van der Waals surface area contributed by atoms with Gasteiger partial charge in [-0.25, -0.2) is 0 Å². The van der Waals surface area contributed by atoms with Crippen LogP contribution in [-0.4, -0.2) is 12.2 Å². The van der Waals surface area contributed by atoms with Crippen molar-refractivity contribution in [2.24, 2.45) is 0 Å². The Kier molecular flexibility index (Phi) is 7.93. The van der Waals surface area contributed by atoms with E-state index in [2.05, 4.69) is 12.1 Å². The summed E-state index contributed by atoms with van der Waals surface area (Å²) in [5, 5.41) is 12.4. The molecule has 1 N–H and O–H groups in total. The van der Waals surface area contributed by atoms with Crippen molar-refractivity contribution in [3.8, 4) is 11.5 Å². The van der Waals surface area contributed by atoms with Crippen molar-refractivity contribution in [2.75, 3.05) is 7.11 Å². The van der Waals surface area contributed by atoms with Gasteiger partial charge in [0.25, 0.3) is 0 Å². The van der Waals surface area contributed by atoms with E-state index in [4.69, 9.17) is 51.1 Å². The molecule has 0 fully saturated rings. The third-order valence-electron chi connectivity index (χ3n) is 7.31. The molecule has 2 atom stereocenters. The average Bonchev–Trinajstić information content (AvgIpc) is 3.48. The monoisotopic (exact) mass is 570 g/mol. The fourth-order valence-electron chi connectivity index (χ4n) is 5.51. The van der Waals surface area contributed by atoms with E-state index in [0.717, 1.165) is 47.6 Å². The first-order valence-electron chi connectivity index (χ1n) is 12.2. The Labute approximate surface area is 237 Å². The van der Waals surface area contributed by atoms with Crippen molar-refractivity contribution in [1.82, 2.24) is 0 Å². The number of fused-ring (bicyclic) bond motifs is 2. The first-order chi connectivity index (χ1) is 17.8. The molecule has 6 rings (SSSR count). The van der Waals surface area contributed by atoms with Gasteiger partial charge in [0.15, 0.2) is 0 Å². The van der Waals surface area contributed by atoms with Crippen LogP contribution in [0, 0.1) is 0 Å². The van der Waals surface area contributed by atoms with Gasteiger partial charge in [-0.15, -0.1) is 0 Å². The Morgan fingerprint density at radius 2 is 1.14 bits per heavy atom. The Balaban J connectivity index is 0.000000152. The van der Waals surface area contributed by atoms with Crippen molar-refractivity contribution in [1.29, 1.82) is 0 Å². The predicted molar refractivity (Wildman–Crippen MR) is 154 cm³/mol. The molecular weight excluding hydrogens is 546 g/mol. The number of phenolic OH excluding ortho intramolecular Hbond substituents is 1. The lowest BCUT2D eigenvalue weighted by Gasteiger charge is -2.15. The molecule has 0 bridgehead atoms. The number of benzene rings is 4. The van der Waals surface area contributed by atoms with Gasteiger partial charge >= 0.3 is 0 Å². The second-order valence-corrected chi connectivity index (χ2v) is 11.1. The van der Waals surface area contributed by atoms with Crippen LogP contribution in [0.1, 0.15) is 58.1 Å². The van der Waals surface area contributed by atoms with Crippen molar-refractivity contribution in [3.05, 3.63) is 126 Å². The summed E-state index contributed by atoms with van der Waals surface area (Å²) in [5.41, 5.74) is 7.42. The number of phenols is 1. The first kappa shape index (κ1) is 26.3. The number of aromatic hydroxyl groups is 1. The topological polar surface area (TPSA) is 29.5 Å². The van der Waals surface area contributed by atoms with Crippen LogP contribution in [0.2, 0.25) is 20.1 Å². The van der Waals surface area contributed by atoms with E-state index in [9.17, 15) is 5.11 Å². The standard InChI is InChI=1S/C16H14Cl2O.C15H12Cl2O/c1-19-12-5-2-10-3-6-13(15(10)9-12)14-7-4-11(17)8-16(14)18;16-10-3-6-13(15(17)7-10)12-5-2-9-1-4-11(18)8-14(9)12/h2,4-5,7-9,13H,3,6H2,1H3;1,3-4,6-8,12,18H,2,5H2. The summed E-state index contributed by atoms with van der Waals surface area (Å²) < 4.78 is 5.32. The number of halogens is 4. The second kappa shape index (κ2) is 11.2. The van der Waals surface area contributed by atoms with Crippen LogP contribution in [0.15, 0.2) is 72.8 Å². The van der Waals surface area contributed by atoms with E-state index in [1.165, 1.54) is 22.3 Å². The van der Waals surface area contributed by atoms with Gasteiger partial charge in [0.1, 0.15) is 11.5 Å². The van der Waals surface area contributed by atoms with Gasteiger partial charge in [0.2, 0.25) is 0 Å². The second-order valence-electron chi connectivity index (χ2n) is 9.46. The molecule has 0 radical (unpaired) electrons. The molecule has 2 aliphatic rings. The lowest BCUT2D eigenvalue weighted by Crippen LogP contribution is -1.98. The maximum absolute atomic E-state index is 9.62. The number of aryl methyl sites for hydroxylation is 2. The quantitative estimate of drug-likeness (QED) is 0.265. The van der Waals surface area contributed by atoms with Crippen LogP contribution in [0.4, 0.5) is 0 Å². The van der Waals surface area contributed by atoms with Gasteiger partial charge in [0.05, 0.1) is 7.11 Å². The van der Waals surface area contributed by atoms with Crippen molar-refractivity contribution >= 4 is 46.4 Å². The molecule has 0 heterocycles. The maximum Gasteiger partial charge on any atom is 0.119 e. The Morgan fingerprint density at radius 3 is 1.65 bits per heavy atom. The minimum Gasteiger partial charge on any atom is -0.508 e. The zero-order valence-electron chi connectivity index (χ0n) is 20.3. The highest BCUT2D eigenvalue weighted by atomic mass is 35.5. The summed E-state index contributed by atoms with van der Waals surface area (Å²) in [6.45, 7) is 0. The number of ether oxygens (including phenoxy) is 1. The summed E-state index contributed by atoms with van der Waals surface area (Å²) in [7, 11) is 1.70. The SMILES string of the molecule is COc1ccc2c(c1)C(c1ccc(Cl)cc1Cl)CC2.Oc1ccc2c(c1)C(c1ccc(Cl)cc1Cl)CC2. The van der Waals surface area contributed by atoms with Crippen molar-refractivity contribution in [2.45, 2.75) is 37.5 Å². The zero-order chi connectivity index (χ0) is 26.1. The van der Waals surface area contributed by atoms with Gasteiger partial charge < -0.3 is 9.84 Å². The van der Waals surface area contributed by atoms with Crippen LogP contribution in [0.25, 0.3) is 0 Å². The molecule has 0 aliphatic heterocycles. The Hall–Kier alpha value is -2.36. The van der Waals surface area contributed by atoms with E-state index >= 15 is 0 Å². The highest BCUT2D eigenvalue weighted by Crippen LogP contribution is 2.43. The molecule has 2 nitrogen and oxygen atoms in total. The summed E-state index contributed by atoms with van der Waals surface area (Å²) in [4.78, 5) is 0. The van der Waals surface area contributed by atoms with Gasteiger partial charge in [-0.05, 0) is 108 Å². The molecule has 4 aromatic carbocycles. The van der Waals surface area contributed by atoms with Gasteiger partial charge in [-0.3, -0.25) is 0 Å². The predicted octanol–water partition coefficient (Wildman–Crippen LogP) is 9.86. The molecular formula is C31H26Cl4O2. The van der Waals surface area contributed by atoms with Crippen LogP contribution in [-0.2, 0) is 12.8 Å². The molecule has 0 aromatic heterocycles. The zero-order valence-corrected chi connectivity index (χ0v) is 23.3. The van der Waals surface area contributed by atoms with Gasteiger partial charge in [-0.2, -0.15) is 0 Å². The van der Waals surface area contributed by atoms with Crippen LogP contribution >= 0.6 is 46.4 Å². The molecule has 37 heavy (non-hydrogen) atoms. The molecule has 0 amide bonds. The molecule has 2 unspecified atom stereocenters. The van der Waals surface area contributed by atoms with Crippen LogP contribution in [0.5, 0.6) is 11.5 Å². The van der Waals surface area contributed by atoms with E-state index in [1.807, 2.05) is 48.5 Å². The first-order valence-corrected chi connectivity index (χ1v) is 13.7. The number of hydrogen-bond donors (Lipinski definition) is 1. The van der Waals surface area contributed by atoms with Crippen molar-refractivity contribution in [3.63, 3.8) is 0 Å². The highest BCUT2D eigenvalue weighted by molar-refractivity contribution is 6.35. The average molecular weight is 572 g/mol. The maximum atomic E-state index is 9.62. The molecule has 2 aliphatic carbocycles. The van der Waals surface area contributed by atoms with E-state index in [0.29, 0.717) is 26.7 Å². The Bertz CT molecular complexity index is 1450. The molecule has 0 saturated carbocycles.